The summed E-state index contributed by atoms with van der Waals surface area (Å²) >= 11 is 0. The van der Waals surface area contributed by atoms with Crippen molar-refractivity contribution in [1.29, 1.82) is 0 Å². The lowest BCUT2D eigenvalue weighted by atomic mass is 10.1. The molecule has 1 aromatic heterocycles. The molecule has 1 N–H and O–H groups in total. The molecule has 0 aliphatic carbocycles. The maximum absolute atomic E-state index is 5.93. The van der Waals surface area contributed by atoms with E-state index in [4.69, 9.17) is 4.74 Å². The topological polar surface area (TPSA) is 39.1 Å². The monoisotopic (exact) mass is 259 g/mol. The zero-order valence-electron chi connectivity index (χ0n) is 11.8. The molecule has 19 heavy (non-hydrogen) atoms. The third-order valence-electron chi connectivity index (χ3n) is 3.19. The largest absolute Gasteiger partial charge is 0.487 e. The minimum atomic E-state index is 0.285. The normalized spacial score (nSPS) is 12.4. The van der Waals surface area contributed by atoms with Crippen molar-refractivity contribution in [2.45, 2.75) is 26.5 Å². The lowest BCUT2D eigenvalue weighted by Gasteiger charge is -2.17. The van der Waals surface area contributed by atoms with Gasteiger partial charge in [0.2, 0.25) is 0 Å². The van der Waals surface area contributed by atoms with Gasteiger partial charge in [0.15, 0.2) is 0 Å². The van der Waals surface area contributed by atoms with Crippen molar-refractivity contribution in [3.63, 3.8) is 0 Å². The highest BCUT2D eigenvalue weighted by Crippen LogP contribution is 2.25. The molecular weight excluding hydrogens is 238 g/mol. The van der Waals surface area contributed by atoms with Gasteiger partial charge in [-0.25, -0.2) is 4.98 Å². The van der Waals surface area contributed by atoms with E-state index in [1.165, 1.54) is 5.56 Å². The quantitative estimate of drug-likeness (QED) is 0.867. The number of para-hydroxylation sites is 1. The van der Waals surface area contributed by atoms with E-state index in [9.17, 15) is 0 Å². The van der Waals surface area contributed by atoms with Gasteiger partial charge in [-0.15, -0.1) is 0 Å². The number of imidazole rings is 1. The number of nitrogens with zero attached hydrogens (tertiary/aromatic N) is 2. The van der Waals surface area contributed by atoms with Crippen molar-refractivity contribution in [1.82, 2.24) is 14.9 Å². The van der Waals surface area contributed by atoms with E-state index < -0.39 is 0 Å². The number of nitrogens with one attached hydrogen (secondary N) is 1. The molecule has 0 amide bonds. The molecule has 0 saturated heterocycles. The molecule has 1 aromatic carbocycles. The van der Waals surface area contributed by atoms with Gasteiger partial charge in [-0.05, 0) is 19.5 Å². The number of hydrogen-bond donors (Lipinski definition) is 1. The molecule has 1 atom stereocenters. The highest BCUT2D eigenvalue weighted by Gasteiger charge is 2.10. The zero-order valence-corrected chi connectivity index (χ0v) is 11.8. The summed E-state index contributed by atoms with van der Waals surface area (Å²) in [6, 6.07) is 8.44. The molecule has 0 radical (unpaired) electrons. The fourth-order valence-electron chi connectivity index (χ4n) is 2.06. The molecule has 0 spiro atoms. The zero-order chi connectivity index (χ0) is 13.7. The van der Waals surface area contributed by atoms with E-state index in [2.05, 4.69) is 30.2 Å². The van der Waals surface area contributed by atoms with Gasteiger partial charge in [-0.1, -0.05) is 25.1 Å². The minimum absolute atomic E-state index is 0.285. The van der Waals surface area contributed by atoms with E-state index in [0.29, 0.717) is 6.61 Å². The van der Waals surface area contributed by atoms with Crippen molar-refractivity contribution in [2.75, 3.05) is 6.54 Å². The molecule has 4 nitrogen and oxygen atoms in total. The molecule has 1 unspecified atom stereocenters. The Morgan fingerprint density at radius 2 is 2.16 bits per heavy atom. The Kier molecular flexibility index (Phi) is 4.58. The van der Waals surface area contributed by atoms with Crippen LogP contribution in [0.3, 0.4) is 0 Å². The summed E-state index contributed by atoms with van der Waals surface area (Å²) in [5.41, 5.74) is 2.25. The Balaban J connectivity index is 2.09. The summed E-state index contributed by atoms with van der Waals surface area (Å²) < 4.78 is 7.90. The van der Waals surface area contributed by atoms with Crippen LogP contribution in [-0.2, 0) is 13.7 Å². The molecule has 0 bridgehead atoms. The van der Waals surface area contributed by atoms with Gasteiger partial charge in [0.25, 0.3) is 0 Å². The average Bonchev–Trinajstić information content (AvgIpc) is 2.82. The Bertz CT molecular complexity index is 522. The Hall–Kier alpha value is -1.81. The van der Waals surface area contributed by atoms with Crippen LogP contribution >= 0.6 is 0 Å². The molecule has 0 aliphatic heterocycles. The number of aryl methyl sites for hydroxylation is 1. The predicted octanol–water partition coefficient (Wildman–Crippen LogP) is 2.67. The van der Waals surface area contributed by atoms with E-state index >= 15 is 0 Å². The van der Waals surface area contributed by atoms with Crippen molar-refractivity contribution in [3.05, 3.63) is 48.0 Å². The third-order valence-corrected chi connectivity index (χ3v) is 3.19. The molecule has 2 rings (SSSR count). The van der Waals surface area contributed by atoms with Crippen LogP contribution < -0.4 is 10.1 Å². The predicted molar refractivity (Wildman–Crippen MR) is 76.1 cm³/mol. The highest BCUT2D eigenvalue weighted by atomic mass is 16.5. The molecule has 0 saturated carbocycles. The Morgan fingerprint density at radius 1 is 1.37 bits per heavy atom. The lowest BCUT2D eigenvalue weighted by molar-refractivity contribution is 0.291. The molecular formula is C15H21N3O. The van der Waals surface area contributed by atoms with Crippen molar-refractivity contribution in [2.24, 2.45) is 7.05 Å². The van der Waals surface area contributed by atoms with Crippen LogP contribution in [0.2, 0.25) is 0 Å². The average molecular weight is 259 g/mol. The summed E-state index contributed by atoms with van der Waals surface area (Å²) in [6.07, 6.45) is 3.61. The molecule has 0 aliphatic rings. The maximum Gasteiger partial charge on any atom is 0.130 e. The Labute approximate surface area is 114 Å². The van der Waals surface area contributed by atoms with Crippen molar-refractivity contribution >= 4 is 0 Å². The van der Waals surface area contributed by atoms with Crippen molar-refractivity contribution < 1.29 is 4.74 Å². The van der Waals surface area contributed by atoms with Gasteiger partial charge in [-0.2, -0.15) is 0 Å². The van der Waals surface area contributed by atoms with Crippen LogP contribution in [0.1, 0.15) is 31.1 Å². The molecule has 2 aromatic rings. The maximum atomic E-state index is 5.93. The molecule has 102 valence electrons. The smallest absolute Gasteiger partial charge is 0.130 e. The second kappa shape index (κ2) is 6.38. The fraction of sp³-hybridized carbons (Fsp3) is 0.400. The second-order valence-electron chi connectivity index (χ2n) is 4.60. The van der Waals surface area contributed by atoms with Gasteiger partial charge in [-0.3, -0.25) is 0 Å². The molecule has 1 heterocycles. The standard InChI is InChI=1S/C15H21N3O/c1-4-17-12(2)14-7-5-6-8-15(14)19-10-13-9-16-11-18(13)3/h5-9,11-12,17H,4,10H2,1-3H3. The third kappa shape index (κ3) is 3.35. The van der Waals surface area contributed by atoms with E-state index in [-0.39, 0.29) is 6.04 Å². The molecule has 4 heteroatoms. The van der Waals surface area contributed by atoms with Crippen LogP contribution in [0.25, 0.3) is 0 Å². The second-order valence-corrected chi connectivity index (χ2v) is 4.60. The fourth-order valence-corrected chi connectivity index (χ4v) is 2.06. The summed E-state index contributed by atoms with van der Waals surface area (Å²) in [5.74, 6) is 0.928. The minimum Gasteiger partial charge on any atom is -0.487 e. The number of ether oxygens (including phenoxy) is 1. The van der Waals surface area contributed by atoms with E-state index in [1.54, 1.807) is 6.33 Å². The van der Waals surface area contributed by atoms with Crippen LogP contribution in [0.15, 0.2) is 36.8 Å². The van der Waals surface area contributed by atoms with Crippen LogP contribution in [0, 0.1) is 0 Å². The van der Waals surface area contributed by atoms with Gasteiger partial charge in [0.1, 0.15) is 12.4 Å². The van der Waals surface area contributed by atoms with Crippen LogP contribution in [0.4, 0.5) is 0 Å². The summed E-state index contributed by atoms with van der Waals surface area (Å²) in [4.78, 5) is 4.09. The van der Waals surface area contributed by atoms with Crippen molar-refractivity contribution in [3.8, 4) is 5.75 Å². The first kappa shape index (κ1) is 13.6. The van der Waals surface area contributed by atoms with E-state index in [1.807, 2.05) is 36.0 Å². The summed E-state index contributed by atoms with van der Waals surface area (Å²) in [7, 11) is 1.97. The van der Waals surface area contributed by atoms with E-state index in [0.717, 1.165) is 18.0 Å². The highest BCUT2D eigenvalue weighted by molar-refractivity contribution is 5.35. The summed E-state index contributed by atoms with van der Waals surface area (Å²) in [5, 5.41) is 3.41. The first-order valence-electron chi connectivity index (χ1n) is 6.62. The first-order valence-corrected chi connectivity index (χ1v) is 6.62. The SMILES string of the molecule is CCNC(C)c1ccccc1OCc1cncn1C. The summed E-state index contributed by atoms with van der Waals surface area (Å²) in [6.45, 7) is 5.73. The van der Waals surface area contributed by atoms with Crippen LogP contribution in [0.5, 0.6) is 5.75 Å². The van der Waals surface area contributed by atoms with Crippen LogP contribution in [-0.4, -0.2) is 16.1 Å². The number of benzene rings is 1. The van der Waals surface area contributed by atoms with Gasteiger partial charge >= 0.3 is 0 Å². The lowest BCUT2D eigenvalue weighted by Crippen LogP contribution is -2.18. The molecule has 0 fully saturated rings. The number of hydrogen-bond acceptors (Lipinski definition) is 3. The number of aromatic nitrogens is 2. The number of rotatable bonds is 6. The first-order chi connectivity index (χ1) is 9.22. The van der Waals surface area contributed by atoms with Gasteiger partial charge in [0.05, 0.1) is 18.2 Å². The Morgan fingerprint density at radius 3 is 2.84 bits per heavy atom. The van der Waals surface area contributed by atoms with Gasteiger partial charge in [0, 0.05) is 18.7 Å². The van der Waals surface area contributed by atoms with Gasteiger partial charge < -0.3 is 14.6 Å².